The molecule has 0 saturated heterocycles. The zero-order valence-electron chi connectivity index (χ0n) is 13.8. The van der Waals surface area contributed by atoms with Crippen molar-refractivity contribution in [1.29, 1.82) is 0 Å². The first-order valence-corrected chi connectivity index (χ1v) is 9.37. The molecule has 2 aromatic carbocycles. The third kappa shape index (κ3) is 4.63. The van der Waals surface area contributed by atoms with Crippen molar-refractivity contribution in [2.45, 2.75) is 24.8 Å². The fourth-order valence-electron chi connectivity index (χ4n) is 2.22. The highest BCUT2D eigenvalue weighted by atomic mass is 35.5. The van der Waals surface area contributed by atoms with Gasteiger partial charge in [0, 0.05) is 15.8 Å². The molecule has 3 aromatic rings. The Morgan fingerprint density at radius 2 is 1.96 bits per heavy atom. The number of aromatic nitrogens is 3. The van der Waals surface area contributed by atoms with Crippen LogP contribution in [-0.2, 0) is 5.75 Å². The molecule has 0 saturated carbocycles. The summed E-state index contributed by atoms with van der Waals surface area (Å²) in [5.74, 6) is 1.39. The van der Waals surface area contributed by atoms with Gasteiger partial charge in [-0.3, -0.25) is 0 Å². The van der Waals surface area contributed by atoms with Gasteiger partial charge in [0.15, 0.2) is 5.82 Å². The lowest BCUT2D eigenvalue weighted by Crippen LogP contribution is -1.96. The zero-order valence-corrected chi connectivity index (χ0v) is 16.1. The Balaban J connectivity index is 1.77. The maximum Gasteiger partial charge on any atom is 0.212 e. The van der Waals surface area contributed by atoms with Crippen molar-refractivity contribution >= 4 is 41.2 Å². The van der Waals surface area contributed by atoms with Crippen LogP contribution >= 0.6 is 35.0 Å². The number of rotatable bonds is 5. The van der Waals surface area contributed by atoms with E-state index in [4.69, 9.17) is 23.2 Å². The quantitative estimate of drug-likeness (QED) is 0.433. The number of thioether (sulfide) groups is 1. The highest BCUT2D eigenvalue weighted by Crippen LogP contribution is 2.28. The van der Waals surface area contributed by atoms with E-state index >= 15 is 0 Å². The number of halogens is 2. The van der Waals surface area contributed by atoms with E-state index in [2.05, 4.69) is 34.4 Å². The topological polar surface area (TPSA) is 43.1 Å². The van der Waals surface area contributed by atoms with Crippen LogP contribution in [0.5, 0.6) is 0 Å². The Morgan fingerprint density at radius 1 is 1.12 bits per heavy atom. The van der Waals surface area contributed by atoms with E-state index in [0.717, 1.165) is 17.0 Å². The lowest BCUT2D eigenvalue weighted by molar-refractivity contribution is 0.744. The van der Waals surface area contributed by atoms with Gasteiger partial charge in [-0.2, -0.15) is 9.78 Å². The van der Waals surface area contributed by atoms with E-state index in [-0.39, 0.29) is 0 Å². The summed E-state index contributed by atoms with van der Waals surface area (Å²) in [5, 5.41) is 14.8. The summed E-state index contributed by atoms with van der Waals surface area (Å²) in [4.78, 5) is 0. The van der Waals surface area contributed by atoms with E-state index in [9.17, 15) is 0 Å². The van der Waals surface area contributed by atoms with Crippen LogP contribution in [0, 0.1) is 13.8 Å². The van der Waals surface area contributed by atoms with Crippen molar-refractivity contribution in [3.8, 4) is 0 Å². The standard InChI is InChI=1S/C18H16Cl2N4S/c1-12-4-3-5-14(8-12)10-21-24-13(2)22-23-18(24)25-11-15-6-7-16(19)9-17(15)20/h3-10H,11H2,1-2H3/b21-10-. The fraction of sp³-hybridized carbons (Fsp3) is 0.167. The Bertz CT molecular complexity index is 921. The molecule has 3 rings (SSSR count). The lowest BCUT2D eigenvalue weighted by Gasteiger charge is -2.05. The largest absolute Gasteiger partial charge is 0.212 e. The summed E-state index contributed by atoms with van der Waals surface area (Å²) >= 11 is 13.7. The van der Waals surface area contributed by atoms with E-state index in [1.165, 1.54) is 17.3 Å². The van der Waals surface area contributed by atoms with Gasteiger partial charge in [0.05, 0.1) is 6.21 Å². The number of nitrogens with zero attached hydrogens (tertiary/aromatic N) is 4. The Kier molecular flexibility index (Phi) is 5.78. The minimum absolute atomic E-state index is 0.625. The first-order valence-electron chi connectivity index (χ1n) is 7.63. The van der Waals surface area contributed by atoms with Crippen LogP contribution in [0.1, 0.15) is 22.5 Å². The van der Waals surface area contributed by atoms with Crippen LogP contribution in [0.15, 0.2) is 52.7 Å². The molecular weight excluding hydrogens is 375 g/mol. The molecule has 128 valence electrons. The highest BCUT2D eigenvalue weighted by molar-refractivity contribution is 7.98. The summed E-state index contributed by atoms with van der Waals surface area (Å²) in [7, 11) is 0. The van der Waals surface area contributed by atoms with Crippen molar-refractivity contribution in [3.63, 3.8) is 0 Å². The van der Waals surface area contributed by atoms with Gasteiger partial charge in [0.25, 0.3) is 0 Å². The summed E-state index contributed by atoms with van der Waals surface area (Å²) < 4.78 is 1.73. The lowest BCUT2D eigenvalue weighted by atomic mass is 10.2. The third-order valence-electron chi connectivity index (χ3n) is 3.50. The molecule has 0 N–H and O–H groups in total. The summed E-state index contributed by atoms with van der Waals surface area (Å²) in [5.41, 5.74) is 3.21. The average molecular weight is 391 g/mol. The molecule has 0 bridgehead atoms. The average Bonchev–Trinajstić information content (AvgIpc) is 2.92. The molecule has 1 aromatic heterocycles. The summed E-state index contributed by atoms with van der Waals surface area (Å²) in [6.45, 7) is 3.93. The van der Waals surface area contributed by atoms with Crippen LogP contribution in [-0.4, -0.2) is 21.1 Å². The molecule has 0 spiro atoms. The van der Waals surface area contributed by atoms with Crippen LogP contribution < -0.4 is 0 Å². The van der Waals surface area contributed by atoms with Gasteiger partial charge < -0.3 is 0 Å². The second kappa shape index (κ2) is 8.04. The van der Waals surface area contributed by atoms with E-state index in [0.29, 0.717) is 21.0 Å². The minimum Gasteiger partial charge on any atom is -0.192 e. The SMILES string of the molecule is Cc1cccc(/C=N\n2c(C)nnc2SCc2ccc(Cl)cc2Cl)c1. The van der Waals surface area contributed by atoms with E-state index < -0.39 is 0 Å². The van der Waals surface area contributed by atoms with Crippen molar-refractivity contribution < 1.29 is 0 Å². The summed E-state index contributed by atoms with van der Waals surface area (Å²) in [6.07, 6.45) is 1.81. The normalized spacial score (nSPS) is 11.4. The number of hydrogen-bond donors (Lipinski definition) is 0. The van der Waals surface area contributed by atoms with Crippen molar-refractivity contribution in [1.82, 2.24) is 14.9 Å². The molecule has 0 atom stereocenters. The van der Waals surface area contributed by atoms with E-state index in [1.807, 2.05) is 37.4 Å². The smallest absolute Gasteiger partial charge is 0.192 e. The molecule has 4 nitrogen and oxygen atoms in total. The predicted molar refractivity (Wildman–Crippen MR) is 105 cm³/mol. The third-order valence-corrected chi connectivity index (χ3v) is 5.06. The fourth-order valence-corrected chi connectivity index (χ4v) is 3.71. The molecule has 0 aliphatic rings. The van der Waals surface area contributed by atoms with Gasteiger partial charge in [0.1, 0.15) is 0 Å². The number of hydrogen-bond acceptors (Lipinski definition) is 4. The van der Waals surface area contributed by atoms with Crippen molar-refractivity contribution in [2.24, 2.45) is 5.10 Å². The van der Waals surface area contributed by atoms with Gasteiger partial charge in [-0.25, -0.2) is 0 Å². The maximum atomic E-state index is 6.23. The Labute approximate surface area is 160 Å². The second-order valence-electron chi connectivity index (χ2n) is 5.52. The van der Waals surface area contributed by atoms with Gasteiger partial charge in [0.2, 0.25) is 5.16 Å². The first-order chi connectivity index (χ1) is 12.0. The van der Waals surface area contributed by atoms with Crippen LogP contribution in [0.2, 0.25) is 10.0 Å². The van der Waals surface area contributed by atoms with Gasteiger partial charge in [-0.05, 0) is 37.1 Å². The summed E-state index contributed by atoms with van der Waals surface area (Å²) in [6, 6.07) is 13.6. The number of aryl methyl sites for hydroxylation is 2. The van der Waals surface area contributed by atoms with E-state index in [1.54, 1.807) is 10.7 Å². The monoisotopic (exact) mass is 390 g/mol. The molecule has 0 aliphatic carbocycles. The van der Waals surface area contributed by atoms with Gasteiger partial charge >= 0.3 is 0 Å². The van der Waals surface area contributed by atoms with Gasteiger partial charge in [-0.15, -0.1) is 10.2 Å². The van der Waals surface area contributed by atoms with Crippen molar-refractivity contribution in [3.05, 3.63) is 75.0 Å². The van der Waals surface area contributed by atoms with Crippen LogP contribution in [0.25, 0.3) is 0 Å². The second-order valence-corrected chi connectivity index (χ2v) is 7.31. The van der Waals surface area contributed by atoms with Gasteiger partial charge in [-0.1, -0.05) is 70.9 Å². The van der Waals surface area contributed by atoms with Crippen LogP contribution in [0.4, 0.5) is 0 Å². The maximum absolute atomic E-state index is 6.23. The zero-order chi connectivity index (χ0) is 17.8. The molecule has 0 amide bonds. The molecule has 0 unspecified atom stereocenters. The first kappa shape index (κ1) is 18.0. The predicted octanol–water partition coefficient (Wildman–Crippen LogP) is 5.38. The molecule has 1 heterocycles. The molecule has 25 heavy (non-hydrogen) atoms. The Hall–Kier alpha value is -1.82. The highest BCUT2D eigenvalue weighted by Gasteiger charge is 2.10. The Morgan fingerprint density at radius 3 is 2.72 bits per heavy atom. The molecule has 0 fully saturated rings. The molecule has 0 radical (unpaired) electrons. The molecule has 0 aliphatic heterocycles. The molecular formula is C18H16Cl2N4S. The number of benzene rings is 2. The molecule has 7 heteroatoms. The van der Waals surface area contributed by atoms with Crippen LogP contribution in [0.3, 0.4) is 0 Å². The van der Waals surface area contributed by atoms with Crippen molar-refractivity contribution in [2.75, 3.05) is 0 Å². The minimum atomic E-state index is 0.625.